The van der Waals surface area contributed by atoms with Gasteiger partial charge in [0.2, 0.25) is 0 Å². The van der Waals surface area contributed by atoms with Crippen LogP contribution in [-0.4, -0.2) is 34.1 Å². The van der Waals surface area contributed by atoms with Crippen molar-refractivity contribution < 1.29 is 14.6 Å². The van der Waals surface area contributed by atoms with Crippen LogP contribution in [0, 0.1) is 11.8 Å². The zero-order valence-corrected chi connectivity index (χ0v) is 18.1. The van der Waals surface area contributed by atoms with E-state index in [2.05, 4.69) is 0 Å². The molecule has 0 unspecified atom stereocenters. The molecular weight excluding hydrogens is 412 g/mol. The lowest BCUT2D eigenvalue weighted by atomic mass is 9.82. The Morgan fingerprint density at radius 2 is 1.84 bits per heavy atom. The van der Waals surface area contributed by atoms with Crippen LogP contribution in [0.4, 0.5) is 0 Å². The molecule has 1 aliphatic rings. The molecule has 6 nitrogen and oxygen atoms in total. The minimum Gasteiger partial charge on any atom is -0.480 e. The van der Waals surface area contributed by atoms with Crippen molar-refractivity contribution in [2.24, 2.45) is 11.8 Å². The van der Waals surface area contributed by atoms with Crippen LogP contribution in [0.25, 0.3) is 21.7 Å². The van der Waals surface area contributed by atoms with E-state index in [1.807, 2.05) is 47.8 Å². The summed E-state index contributed by atoms with van der Waals surface area (Å²) in [6.07, 6.45) is 3.95. The second-order valence-electron chi connectivity index (χ2n) is 8.07. The molecule has 1 saturated carbocycles. The predicted octanol–water partition coefficient (Wildman–Crippen LogP) is 4.55. The lowest BCUT2D eigenvalue weighted by Crippen LogP contribution is -2.29. The number of aromatic nitrogens is 2. The van der Waals surface area contributed by atoms with E-state index in [9.17, 15) is 9.59 Å². The van der Waals surface area contributed by atoms with Gasteiger partial charge in [0.05, 0.1) is 11.5 Å². The van der Waals surface area contributed by atoms with E-state index in [-0.39, 0.29) is 12.2 Å². The van der Waals surface area contributed by atoms with Crippen molar-refractivity contribution >= 4 is 17.3 Å². The van der Waals surface area contributed by atoms with Crippen LogP contribution in [0.15, 0.2) is 58.7 Å². The molecule has 1 fully saturated rings. The molecule has 4 rings (SSSR count). The fraction of sp³-hybridized carbons (Fsp3) is 0.375. The number of rotatable bonds is 8. The molecule has 1 aromatic carbocycles. The number of hydrogen-bond donors (Lipinski definition) is 1. The molecule has 1 aliphatic carbocycles. The maximum Gasteiger partial charge on any atom is 0.329 e. The predicted molar refractivity (Wildman–Crippen MR) is 121 cm³/mol. The highest BCUT2D eigenvalue weighted by Crippen LogP contribution is 2.33. The Bertz CT molecular complexity index is 1050. The number of ether oxygens (including phenoxy) is 1. The van der Waals surface area contributed by atoms with Crippen molar-refractivity contribution in [1.29, 1.82) is 0 Å². The molecule has 0 aliphatic heterocycles. The first-order chi connectivity index (χ1) is 15.1. The lowest BCUT2D eigenvalue weighted by molar-refractivity contribution is -0.142. The van der Waals surface area contributed by atoms with E-state index in [1.165, 1.54) is 0 Å². The van der Waals surface area contributed by atoms with Gasteiger partial charge in [-0.2, -0.15) is 5.10 Å². The molecule has 162 valence electrons. The Kier molecular flexibility index (Phi) is 6.94. The van der Waals surface area contributed by atoms with Gasteiger partial charge in [-0.1, -0.05) is 36.4 Å². The molecular formula is C24H26N2O4S. The summed E-state index contributed by atoms with van der Waals surface area (Å²) in [6, 6.07) is 15.7. The highest BCUT2D eigenvalue weighted by molar-refractivity contribution is 7.13. The van der Waals surface area contributed by atoms with Crippen LogP contribution in [0.2, 0.25) is 0 Å². The summed E-state index contributed by atoms with van der Waals surface area (Å²) in [5, 5.41) is 15.5. The highest BCUT2D eigenvalue weighted by Gasteiger charge is 2.23. The van der Waals surface area contributed by atoms with Gasteiger partial charge in [0.25, 0.3) is 5.56 Å². The normalized spacial score (nSPS) is 18.7. The van der Waals surface area contributed by atoms with E-state index in [0.717, 1.165) is 47.4 Å². The van der Waals surface area contributed by atoms with Crippen molar-refractivity contribution in [3.05, 3.63) is 64.3 Å². The Morgan fingerprint density at radius 1 is 1.10 bits per heavy atom. The smallest absolute Gasteiger partial charge is 0.329 e. The third-order valence-corrected chi connectivity index (χ3v) is 6.69. The fourth-order valence-electron chi connectivity index (χ4n) is 4.19. The molecule has 31 heavy (non-hydrogen) atoms. The van der Waals surface area contributed by atoms with Crippen molar-refractivity contribution in [3.63, 3.8) is 0 Å². The SMILES string of the molecule is O=C(O)COC[C@H]1CC[C@@H](Cn2nc(-c3cccs3)c(-c3ccccc3)cc2=O)CC1. The number of thiophene rings is 1. The van der Waals surface area contributed by atoms with E-state index >= 15 is 0 Å². The van der Waals surface area contributed by atoms with Gasteiger partial charge in [-0.05, 0) is 54.5 Å². The molecule has 2 heterocycles. The largest absolute Gasteiger partial charge is 0.480 e. The maximum absolute atomic E-state index is 12.9. The molecule has 0 atom stereocenters. The average molecular weight is 439 g/mol. The van der Waals surface area contributed by atoms with E-state index in [1.54, 1.807) is 22.1 Å². The van der Waals surface area contributed by atoms with E-state index in [0.29, 0.717) is 25.0 Å². The fourth-order valence-corrected chi connectivity index (χ4v) is 4.92. The molecule has 0 saturated heterocycles. The molecule has 0 amide bonds. The molecule has 1 N–H and O–H groups in total. The maximum atomic E-state index is 12.9. The standard InChI is InChI=1S/C24H26N2O4S/c27-22-13-20(19-5-2-1-3-6-19)24(21-7-4-12-31-21)25-26(22)14-17-8-10-18(11-9-17)15-30-16-23(28)29/h1-7,12-13,17-18H,8-11,14-16H2,(H,28,29)/t17-,18+. The van der Waals surface area contributed by atoms with E-state index in [4.69, 9.17) is 14.9 Å². The Labute approximate surface area is 185 Å². The van der Waals surface area contributed by atoms with Gasteiger partial charge in [-0.15, -0.1) is 11.3 Å². The highest BCUT2D eigenvalue weighted by atomic mass is 32.1. The monoisotopic (exact) mass is 438 g/mol. The Hall–Kier alpha value is -2.77. The lowest BCUT2D eigenvalue weighted by Gasteiger charge is -2.28. The average Bonchev–Trinajstić information content (AvgIpc) is 3.31. The first kappa shape index (κ1) is 21.5. The van der Waals surface area contributed by atoms with Gasteiger partial charge in [0.15, 0.2) is 0 Å². The van der Waals surface area contributed by atoms with Crippen LogP contribution >= 0.6 is 11.3 Å². The van der Waals surface area contributed by atoms with Crippen LogP contribution < -0.4 is 5.56 Å². The van der Waals surface area contributed by atoms with Crippen LogP contribution in [0.3, 0.4) is 0 Å². The number of nitrogens with zero attached hydrogens (tertiary/aromatic N) is 2. The number of benzene rings is 1. The minimum atomic E-state index is -0.931. The summed E-state index contributed by atoms with van der Waals surface area (Å²) >= 11 is 1.62. The van der Waals surface area contributed by atoms with Gasteiger partial charge < -0.3 is 9.84 Å². The zero-order valence-electron chi connectivity index (χ0n) is 17.3. The number of carbonyl (C=O) groups is 1. The Morgan fingerprint density at radius 3 is 2.52 bits per heavy atom. The number of carboxylic acids is 1. The summed E-state index contributed by atoms with van der Waals surface area (Å²) in [5.41, 5.74) is 2.62. The van der Waals surface area contributed by atoms with Crippen molar-refractivity contribution in [3.8, 4) is 21.7 Å². The molecule has 0 spiro atoms. The van der Waals surface area contributed by atoms with Crippen molar-refractivity contribution in [2.45, 2.75) is 32.2 Å². The third kappa shape index (κ3) is 5.48. The van der Waals surface area contributed by atoms with Crippen LogP contribution in [0.5, 0.6) is 0 Å². The Balaban J connectivity index is 1.49. The molecule has 0 radical (unpaired) electrons. The second-order valence-corrected chi connectivity index (χ2v) is 9.01. The first-order valence-corrected chi connectivity index (χ1v) is 11.5. The van der Waals surface area contributed by atoms with Crippen LogP contribution in [-0.2, 0) is 16.1 Å². The number of hydrogen-bond acceptors (Lipinski definition) is 5. The van der Waals surface area contributed by atoms with E-state index < -0.39 is 5.97 Å². The van der Waals surface area contributed by atoms with Crippen LogP contribution in [0.1, 0.15) is 25.7 Å². The molecule has 7 heteroatoms. The van der Waals surface area contributed by atoms with Crippen molar-refractivity contribution in [2.75, 3.05) is 13.2 Å². The molecule has 2 aromatic heterocycles. The van der Waals surface area contributed by atoms with Gasteiger partial charge in [0.1, 0.15) is 12.3 Å². The first-order valence-electron chi connectivity index (χ1n) is 10.6. The van der Waals surface area contributed by atoms with Gasteiger partial charge in [-0.25, -0.2) is 9.48 Å². The van der Waals surface area contributed by atoms with Crippen molar-refractivity contribution in [1.82, 2.24) is 9.78 Å². The van der Waals surface area contributed by atoms with Gasteiger partial charge in [0, 0.05) is 18.2 Å². The quantitative estimate of drug-likeness (QED) is 0.558. The third-order valence-electron chi connectivity index (χ3n) is 5.81. The van der Waals surface area contributed by atoms with Gasteiger partial charge >= 0.3 is 5.97 Å². The second kappa shape index (κ2) is 10.0. The summed E-state index contributed by atoms with van der Waals surface area (Å²) < 4.78 is 6.87. The zero-order chi connectivity index (χ0) is 21.6. The minimum absolute atomic E-state index is 0.0777. The van der Waals surface area contributed by atoms with Gasteiger partial charge in [-0.3, -0.25) is 4.79 Å². The topological polar surface area (TPSA) is 81.4 Å². The summed E-state index contributed by atoms with van der Waals surface area (Å²) in [4.78, 5) is 24.5. The summed E-state index contributed by atoms with van der Waals surface area (Å²) in [7, 11) is 0. The molecule has 3 aromatic rings. The number of aliphatic carboxylic acids is 1. The molecule has 0 bridgehead atoms. The summed E-state index contributed by atoms with van der Waals surface area (Å²) in [5.74, 6) is -0.151. The summed E-state index contributed by atoms with van der Waals surface area (Å²) in [6.45, 7) is 0.860. The number of carboxylic acid groups (broad SMARTS) is 1.